The van der Waals surface area contributed by atoms with Gasteiger partial charge < -0.3 is 20.9 Å². The van der Waals surface area contributed by atoms with Crippen molar-refractivity contribution in [2.24, 2.45) is 0 Å². The van der Waals surface area contributed by atoms with Crippen LogP contribution >= 0.6 is 0 Å². The van der Waals surface area contributed by atoms with Crippen molar-refractivity contribution in [2.45, 2.75) is 38.1 Å². The van der Waals surface area contributed by atoms with Gasteiger partial charge in [0.2, 0.25) is 5.91 Å². The predicted molar refractivity (Wildman–Crippen MR) is 72.9 cm³/mol. The fourth-order valence-electron chi connectivity index (χ4n) is 2.96. The second-order valence-corrected chi connectivity index (χ2v) is 5.32. The SMILES string of the molecule is CCNC(=O)NC1(C(=O)N2CCNCC2)CCCC1. The first-order valence-electron chi connectivity index (χ1n) is 7.24. The van der Waals surface area contributed by atoms with E-state index < -0.39 is 5.54 Å². The molecule has 2 fully saturated rings. The summed E-state index contributed by atoms with van der Waals surface area (Å²) < 4.78 is 0. The Morgan fingerprint density at radius 2 is 1.84 bits per heavy atom. The van der Waals surface area contributed by atoms with Crippen LogP contribution in [0.15, 0.2) is 0 Å². The molecule has 1 aliphatic carbocycles. The summed E-state index contributed by atoms with van der Waals surface area (Å²) >= 11 is 0. The monoisotopic (exact) mass is 268 g/mol. The van der Waals surface area contributed by atoms with Crippen molar-refractivity contribution in [1.29, 1.82) is 0 Å². The number of carbonyl (C=O) groups is 2. The number of carbonyl (C=O) groups excluding carboxylic acids is 2. The molecule has 0 bridgehead atoms. The van der Waals surface area contributed by atoms with E-state index in [1.165, 1.54) is 0 Å². The minimum absolute atomic E-state index is 0.0951. The van der Waals surface area contributed by atoms with Crippen molar-refractivity contribution in [3.05, 3.63) is 0 Å². The average Bonchev–Trinajstić information content (AvgIpc) is 2.89. The zero-order valence-corrected chi connectivity index (χ0v) is 11.6. The highest BCUT2D eigenvalue weighted by Gasteiger charge is 2.44. The number of amides is 3. The molecule has 0 atom stereocenters. The van der Waals surface area contributed by atoms with E-state index in [2.05, 4.69) is 16.0 Å². The molecular weight excluding hydrogens is 244 g/mol. The van der Waals surface area contributed by atoms with Gasteiger partial charge in [0.1, 0.15) is 5.54 Å². The van der Waals surface area contributed by atoms with Gasteiger partial charge in [-0.15, -0.1) is 0 Å². The number of piperazine rings is 1. The van der Waals surface area contributed by atoms with Crippen LogP contribution in [0.3, 0.4) is 0 Å². The fourth-order valence-corrected chi connectivity index (χ4v) is 2.96. The van der Waals surface area contributed by atoms with E-state index >= 15 is 0 Å². The first-order valence-corrected chi connectivity index (χ1v) is 7.24. The maximum absolute atomic E-state index is 12.7. The maximum Gasteiger partial charge on any atom is 0.315 e. The molecule has 0 spiro atoms. The van der Waals surface area contributed by atoms with Crippen molar-refractivity contribution >= 4 is 11.9 Å². The summed E-state index contributed by atoms with van der Waals surface area (Å²) in [4.78, 5) is 26.4. The van der Waals surface area contributed by atoms with Crippen LogP contribution in [0.5, 0.6) is 0 Å². The van der Waals surface area contributed by atoms with Gasteiger partial charge in [-0.25, -0.2) is 4.79 Å². The average molecular weight is 268 g/mol. The molecule has 2 aliphatic rings. The molecule has 1 heterocycles. The van der Waals surface area contributed by atoms with Gasteiger partial charge in [0.25, 0.3) is 0 Å². The Bertz CT molecular complexity index is 334. The minimum atomic E-state index is -0.670. The predicted octanol–water partition coefficient (Wildman–Crippen LogP) is 0.0501. The lowest BCUT2D eigenvalue weighted by atomic mass is 9.95. The van der Waals surface area contributed by atoms with E-state index in [4.69, 9.17) is 0 Å². The Morgan fingerprint density at radius 1 is 1.21 bits per heavy atom. The summed E-state index contributed by atoms with van der Waals surface area (Å²) in [6.45, 7) is 5.59. The summed E-state index contributed by atoms with van der Waals surface area (Å²) in [6, 6.07) is -0.229. The van der Waals surface area contributed by atoms with Crippen LogP contribution in [0.1, 0.15) is 32.6 Å². The Kier molecular flexibility index (Phi) is 4.63. The summed E-state index contributed by atoms with van der Waals surface area (Å²) in [7, 11) is 0. The standard InChI is InChI=1S/C13H24N4O2/c1-2-15-12(19)16-13(5-3-4-6-13)11(18)17-9-7-14-8-10-17/h14H,2-10H2,1H3,(H2,15,16,19). The zero-order valence-electron chi connectivity index (χ0n) is 11.6. The second kappa shape index (κ2) is 6.23. The van der Waals surface area contributed by atoms with Crippen LogP contribution in [-0.2, 0) is 4.79 Å². The van der Waals surface area contributed by atoms with Crippen LogP contribution in [0.4, 0.5) is 4.79 Å². The molecule has 0 radical (unpaired) electrons. The summed E-state index contributed by atoms with van der Waals surface area (Å²) in [5.74, 6) is 0.0951. The molecule has 1 saturated carbocycles. The molecule has 108 valence electrons. The Balaban J connectivity index is 2.05. The van der Waals surface area contributed by atoms with Gasteiger partial charge in [-0.2, -0.15) is 0 Å². The molecule has 3 N–H and O–H groups in total. The van der Waals surface area contributed by atoms with Crippen LogP contribution in [0.25, 0.3) is 0 Å². The number of rotatable bonds is 3. The Hall–Kier alpha value is -1.30. The molecule has 1 saturated heterocycles. The Labute approximate surface area is 114 Å². The molecular formula is C13H24N4O2. The highest BCUT2D eigenvalue weighted by atomic mass is 16.2. The molecule has 0 aromatic rings. The molecule has 6 heteroatoms. The number of nitrogens with zero attached hydrogens (tertiary/aromatic N) is 1. The van der Waals surface area contributed by atoms with Crippen molar-refractivity contribution in [1.82, 2.24) is 20.9 Å². The first kappa shape index (κ1) is 14.1. The number of hydrogen-bond acceptors (Lipinski definition) is 3. The molecule has 1 aliphatic heterocycles. The van der Waals surface area contributed by atoms with E-state index in [1.807, 2.05) is 11.8 Å². The topological polar surface area (TPSA) is 73.5 Å². The zero-order chi connectivity index (χ0) is 13.7. The molecule has 0 unspecified atom stereocenters. The number of urea groups is 1. The third-order valence-electron chi connectivity index (χ3n) is 3.96. The van der Waals surface area contributed by atoms with Crippen LogP contribution < -0.4 is 16.0 Å². The van der Waals surface area contributed by atoms with Gasteiger partial charge in [0, 0.05) is 32.7 Å². The van der Waals surface area contributed by atoms with E-state index in [1.54, 1.807) is 0 Å². The molecule has 19 heavy (non-hydrogen) atoms. The van der Waals surface area contributed by atoms with Crippen LogP contribution in [0, 0.1) is 0 Å². The summed E-state index contributed by atoms with van der Waals surface area (Å²) in [5, 5.41) is 8.89. The van der Waals surface area contributed by atoms with Crippen LogP contribution in [0.2, 0.25) is 0 Å². The van der Waals surface area contributed by atoms with Crippen molar-refractivity contribution in [3.8, 4) is 0 Å². The van der Waals surface area contributed by atoms with E-state index in [9.17, 15) is 9.59 Å². The second-order valence-electron chi connectivity index (χ2n) is 5.32. The smallest absolute Gasteiger partial charge is 0.315 e. The van der Waals surface area contributed by atoms with Gasteiger partial charge in [-0.3, -0.25) is 4.79 Å². The van der Waals surface area contributed by atoms with E-state index in [-0.39, 0.29) is 11.9 Å². The fraction of sp³-hybridized carbons (Fsp3) is 0.846. The minimum Gasteiger partial charge on any atom is -0.338 e. The van der Waals surface area contributed by atoms with Crippen molar-refractivity contribution in [2.75, 3.05) is 32.7 Å². The normalized spacial score (nSPS) is 22.1. The third kappa shape index (κ3) is 3.18. The number of hydrogen-bond donors (Lipinski definition) is 3. The van der Waals surface area contributed by atoms with Gasteiger partial charge in [-0.1, -0.05) is 12.8 Å². The number of nitrogens with one attached hydrogen (secondary N) is 3. The highest BCUT2D eigenvalue weighted by Crippen LogP contribution is 2.31. The largest absolute Gasteiger partial charge is 0.338 e. The molecule has 2 rings (SSSR count). The van der Waals surface area contributed by atoms with Crippen LogP contribution in [-0.4, -0.2) is 55.1 Å². The van der Waals surface area contributed by atoms with E-state index in [0.29, 0.717) is 6.54 Å². The molecule has 3 amide bonds. The molecule has 0 aromatic carbocycles. The maximum atomic E-state index is 12.7. The van der Waals surface area contributed by atoms with Gasteiger partial charge in [0.15, 0.2) is 0 Å². The third-order valence-corrected chi connectivity index (χ3v) is 3.96. The van der Waals surface area contributed by atoms with E-state index in [0.717, 1.165) is 51.9 Å². The first-order chi connectivity index (χ1) is 9.18. The van der Waals surface area contributed by atoms with Crippen molar-refractivity contribution in [3.63, 3.8) is 0 Å². The van der Waals surface area contributed by atoms with Gasteiger partial charge in [-0.05, 0) is 19.8 Å². The lowest BCUT2D eigenvalue weighted by molar-refractivity contribution is -0.138. The van der Waals surface area contributed by atoms with Gasteiger partial charge in [0.05, 0.1) is 0 Å². The van der Waals surface area contributed by atoms with Crippen molar-refractivity contribution < 1.29 is 9.59 Å². The summed E-state index contributed by atoms with van der Waals surface area (Å²) in [6.07, 6.45) is 3.52. The molecule has 6 nitrogen and oxygen atoms in total. The summed E-state index contributed by atoms with van der Waals surface area (Å²) in [5.41, 5.74) is -0.670. The Morgan fingerprint density at radius 3 is 2.42 bits per heavy atom. The molecule has 0 aromatic heterocycles. The highest BCUT2D eigenvalue weighted by molar-refractivity contribution is 5.91. The lowest BCUT2D eigenvalue weighted by Gasteiger charge is -2.37. The quantitative estimate of drug-likeness (QED) is 0.677. The van der Waals surface area contributed by atoms with Gasteiger partial charge >= 0.3 is 6.03 Å². The lowest BCUT2D eigenvalue weighted by Crippen LogP contribution is -2.62.